The summed E-state index contributed by atoms with van der Waals surface area (Å²) < 4.78 is 5.92. The molecule has 4 rings (SSSR count). The number of benzene rings is 1. The molecule has 0 aliphatic rings. The fourth-order valence-corrected chi connectivity index (χ4v) is 2.95. The predicted molar refractivity (Wildman–Crippen MR) is 106 cm³/mol. The zero-order valence-corrected chi connectivity index (χ0v) is 15.1. The van der Waals surface area contributed by atoms with E-state index in [1.807, 2.05) is 43.6 Å². The smallest absolute Gasteiger partial charge is 0.223 e. The molecule has 1 aromatic carbocycles. The van der Waals surface area contributed by atoms with Gasteiger partial charge in [0.05, 0.1) is 6.20 Å². The Kier molecular flexibility index (Phi) is 5.03. The van der Waals surface area contributed by atoms with Crippen LogP contribution in [0.4, 0.5) is 0 Å². The normalized spacial score (nSPS) is 10.9. The molecule has 0 saturated carbocycles. The quantitative estimate of drug-likeness (QED) is 0.554. The van der Waals surface area contributed by atoms with E-state index in [2.05, 4.69) is 44.5 Å². The third-order valence-corrected chi connectivity index (χ3v) is 4.35. The maximum absolute atomic E-state index is 5.92. The lowest BCUT2D eigenvalue weighted by Gasteiger charge is -2.11. The van der Waals surface area contributed by atoms with E-state index < -0.39 is 0 Å². The van der Waals surface area contributed by atoms with Crippen molar-refractivity contribution in [2.24, 2.45) is 0 Å². The average Bonchev–Trinajstić information content (AvgIpc) is 2.71. The van der Waals surface area contributed by atoms with Gasteiger partial charge in [0, 0.05) is 48.3 Å². The van der Waals surface area contributed by atoms with Crippen LogP contribution < -0.4 is 10.1 Å². The molecule has 4 aromatic rings. The Bertz CT molecular complexity index is 1040. The monoisotopic (exact) mass is 356 g/mol. The molecule has 0 aliphatic heterocycles. The molecule has 0 radical (unpaired) electrons. The van der Waals surface area contributed by atoms with Crippen LogP contribution in [0.2, 0.25) is 0 Å². The molecule has 3 aromatic heterocycles. The average molecular weight is 356 g/mol. The van der Waals surface area contributed by atoms with Crippen molar-refractivity contribution in [3.63, 3.8) is 0 Å². The van der Waals surface area contributed by atoms with E-state index in [-0.39, 0.29) is 0 Å². The summed E-state index contributed by atoms with van der Waals surface area (Å²) in [5.74, 6) is 1.28. The van der Waals surface area contributed by atoms with Gasteiger partial charge in [0.25, 0.3) is 0 Å². The molecule has 0 aliphatic carbocycles. The molecule has 27 heavy (non-hydrogen) atoms. The standard InChI is InChI=1S/C22H20N4O/c1-16-7-8-20(15-26-16)27-22-19(6-3-10-25-22)14-24-13-18-5-2-4-17-12-23-11-9-21(17)18/h2-12,15,24H,13-14H2,1H3. The first-order valence-electron chi connectivity index (χ1n) is 8.86. The van der Waals surface area contributed by atoms with E-state index in [0.717, 1.165) is 23.2 Å². The fraction of sp³-hybridized carbons (Fsp3) is 0.136. The molecule has 0 spiro atoms. The first kappa shape index (κ1) is 17.1. The van der Waals surface area contributed by atoms with Gasteiger partial charge in [-0.25, -0.2) is 4.98 Å². The summed E-state index contributed by atoms with van der Waals surface area (Å²) in [6.07, 6.45) is 7.17. The molecule has 5 nitrogen and oxygen atoms in total. The molecular formula is C22H20N4O. The van der Waals surface area contributed by atoms with Crippen molar-refractivity contribution >= 4 is 10.8 Å². The number of ether oxygens (including phenoxy) is 1. The van der Waals surface area contributed by atoms with Crippen LogP contribution in [-0.2, 0) is 13.1 Å². The molecule has 0 fully saturated rings. The molecule has 0 saturated heterocycles. The van der Waals surface area contributed by atoms with Gasteiger partial charge in [-0.1, -0.05) is 24.3 Å². The topological polar surface area (TPSA) is 59.9 Å². The van der Waals surface area contributed by atoms with Crippen molar-refractivity contribution < 1.29 is 4.74 Å². The molecule has 0 unspecified atom stereocenters. The van der Waals surface area contributed by atoms with Gasteiger partial charge in [-0.2, -0.15) is 0 Å². The Morgan fingerprint density at radius 3 is 2.63 bits per heavy atom. The van der Waals surface area contributed by atoms with Crippen LogP contribution in [0.3, 0.4) is 0 Å². The van der Waals surface area contributed by atoms with E-state index in [0.29, 0.717) is 18.2 Å². The van der Waals surface area contributed by atoms with Gasteiger partial charge in [0.1, 0.15) is 5.75 Å². The molecule has 134 valence electrons. The van der Waals surface area contributed by atoms with Crippen LogP contribution in [0, 0.1) is 6.92 Å². The maximum Gasteiger partial charge on any atom is 0.223 e. The van der Waals surface area contributed by atoms with E-state index >= 15 is 0 Å². The summed E-state index contributed by atoms with van der Waals surface area (Å²) in [6, 6.07) is 16.1. The minimum absolute atomic E-state index is 0.595. The summed E-state index contributed by atoms with van der Waals surface area (Å²) in [6.45, 7) is 3.36. The van der Waals surface area contributed by atoms with E-state index in [1.165, 1.54) is 10.9 Å². The second-order valence-electron chi connectivity index (χ2n) is 6.32. The Morgan fingerprint density at radius 2 is 1.74 bits per heavy atom. The number of nitrogens with one attached hydrogen (secondary N) is 1. The van der Waals surface area contributed by atoms with Gasteiger partial charge in [0.15, 0.2) is 0 Å². The SMILES string of the molecule is Cc1ccc(Oc2ncccc2CNCc2cccc3cnccc23)cn1. The number of fused-ring (bicyclic) bond motifs is 1. The second-order valence-corrected chi connectivity index (χ2v) is 6.32. The zero-order chi connectivity index (χ0) is 18.5. The number of rotatable bonds is 6. The molecular weight excluding hydrogens is 336 g/mol. The van der Waals surface area contributed by atoms with Gasteiger partial charge >= 0.3 is 0 Å². The molecule has 3 heterocycles. The van der Waals surface area contributed by atoms with Gasteiger partial charge < -0.3 is 10.1 Å². The highest BCUT2D eigenvalue weighted by Crippen LogP contribution is 2.23. The Labute approximate surface area is 158 Å². The molecule has 5 heteroatoms. The predicted octanol–water partition coefficient (Wildman–Crippen LogP) is 4.42. The largest absolute Gasteiger partial charge is 0.437 e. The van der Waals surface area contributed by atoms with E-state index in [4.69, 9.17) is 4.74 Å². The Balaban J connectivity index is 1.46. The highest BCUT2D eigenvalue weighted by molar-refractivity contribution is 5.84. The lowest BCUT2D eigenvalue weighted by Crippen LogP contribution is -2.14. The summed E-state index contributed by atoms with van der Waals surface area (Å²) in [5.41, 5.74) is 3.19. The summed E-state index contributed by atoms with van der Waals surface area (Å²) in [5, 5.41) is 5.85. The number of pyridine rings is 3. The van der Waals surface area contributed by atoms with Crippen molar-refractivity contribution in [2.45, 2.75) is 20.0 Å². The van der Waals surface area contributed by atoms with E-state index in [1.54, 1.807) is 12.4 Å². The third-order valence-electron chi connectivity index (χ3n) is 4.35. The maximum atomic E-state index is 5.92. The van der Waals surface area contributed by atoms with Crippen LogP contribution in [0.1, 0.15) is 16.8 Å². The van der Waals surface area contributed by atoms with Gasteiger partial charge in [0.2, 0.25) is 5.88 Å². The van der Waals surface area contributed by atoms with Gasteiger partial charge in [-0.05, 0) is 42.1 Å². The van der Waals surface area contributed by atoms with Crippen LogP contribution in [0.15, 0.2) is 73.3 Å². The zero-order valence-electron chi connectivity index (χ0n) is 15.1. The van der Waals surface area contributed by atoms with E-state index in [9.17, 15) is 0 Å². The number of aromatic nitrogens is 3. The van der Waals surface area contributed by atoms with Crippen molar-refractivity contribution in [3.8, 4) is 11.6 Å². The first-order valence-corrected chi connectivity index (χ1v) is 8.86. The van der Waals surface area contributed by atoms with Crippen molar-refractivity contribution in [3.05, 3.63) is 90.1 Å². The third kappa shape index (κ3) is 4.10. The molecule has 0 atom stereocenters. The lowest BCUT2D eigenvalue weighted by atomic mass is 10.1. The van der Waals surface area contributed by atoms with Crippen LogP contribution in [0.5, 0.6) is 11.6 Å². The molecule has 0 amide bonds. The van der Waals surface area contributed by atoms with Crippen LogP contribution in [-0.4, -0.2) is 15.0 Å². The lowest BCUT2D eigenvalue weighted by molar-refractivity contribution is 0.450. The van der Waals surface area contributed by atoms with Gasteiger partial charge in [-0.3, -0.25) is 9.97 Å². The van der Waals surface area contributed by atoms with Gasteiger partial charge in [-0.15, -0.1) is 0 Å². The number of nitrogens with zero attached hydrogens (tertiary/aromatic N) is 3. The van der Waals surface area contributed by atoms with Crippen LogP contribution >= 0.6 is 0 Å². The fourth-order valence-electron chi connectivity index (χ4n) is 2.95. The molecule has 0 bridgehead atoms. The minimum Gasteiger partial charge on any atom is -0.437 e. The van der Waals surface area contributed by atoms with Crippen molar-refractivity contribution in [1.82, 2.24) is 20.3 Å². The van der Waals surface area contributed by atoms with Crippen molar-refractivity contribution in [1.29, 1.82) is 0 Å². The summed E-state index contributed by atoms with van der Waals surface area (Å²) >= 11 is 0. The number of hydrogen-bond acceptors (Lipinski definition) is 5. The minimum atomic E-state index is 0.595. The highest BCUT2D eigenvalue weighted by Gasteiger charge is 2.07. The second kappa shape index (κ2) is 7.93. The van der Waals surface area contributed by atoms with Crippen LogP contribution in [0.25, 0.3) is 10.8 Å². The Hall–Kier alpha value is -3.31. The summed E-state index contributed by atoms with van der Waals surface area (Å²) in [4.78, 5) is 12.8. The highest BCUT2D eigenvalue weighted by atomic mass is 16.5. The Morgan fingerprint density at radius 1 is 0.852 bits per heavy atom. The molecule has 1 N–H and O–H groups in total. The summed E-state index contributed by atoms with van der Waals surface area (Å²) in [7, 11) is 0. The number of hydrogen-bond donors (Lipinski definition) is 1. The number of aryl methyl sites for hydroxylation is 1. The first-order chi connectivity index (χ1) is 13.3. The van der Waals surface area contributed by atoms with Crippen molar-refractivity contribution in [2.75, 3.05) is 0 Å².